The molecule has 16 amide bonds. The molecule has 0 fully saturated rings. The van der Waals surface area contributed by atoms with Gasteiger partial charge in [0.25, 0.3) is 0 Å². The summed E-state index contributed by atoms with van der Waals surface area (Å²) in [5.74, 6) is -16.9. The van der Waals surface area contributed by atoms with Crippen LogP contribution in [0.5, 0.6) is 0 Å². The van der Waals surface area contributed by atoms with Crippen molar-refractivity contribution in [2.45, 2.75) is 302 Å². The Morgan fingerprint density at radius 2 is 0.728 bits per heavy atom. The average molecular weight is 1910 g/mol. The maximum absolute atomic E-state index is 15.0. The first-order valence-corrected chi connectivity index (χ1v) is 46.8. The van der Waals surface area contributed by atoms with Crippen molar-refractivity contribution in [3.05, 3.63) is 72.5 Å². The Labute approximate surface area is 793 Å². The number of nitrogens with two attached hydrogens (primary N) is 8. The summed E-state index contributed by atoms with van der Waals surface area (Å²) in [6, 6.07) is -13.7. The Bertz CT molecular complexity index is 4530. The number of primary amides is 2. The van der Waals surface area contributed by atoms with Crippen molar-refractivity contribution < 1.29 is 76.7 Å². The molecule has 0 aliphatic rings. The second kappa shape index (κ2) is 60.4. The van der Waals surface area contributed by atoms with Gasteiger partial charge in [-0.15, -0.1) is 0 Å². The van der Waals surface area contributed by atoms with Gasteiger partial charge in [-0.2, -0.15) is 0 Å². The van der Waals surface area contributed by atoms with Crippen LogP contribution >= 0.6 is 0 Å². The van der Waals surface area contributed by atoms with E-state index in [1.165, 1.54) is 32.0 Å². The van der Waals surface area contributed by atoms with E-state index < -0.39 is 209 Å². The van der Waals surface area contributed by atoms with Crippen LogP contribution in [0.4, 0.5) is 0 Å². The van der Waals surface area contributed by atoms with Gasteiger partial charge in [-0.05, 0) is 164 Å². The van der Waals surface area contributed by atoms with E-state index in [2.05, 4.69) is 110 Å². The lowest BCUT2D eigenvalue weighted by atomic mass is 9.96. The van der Waals surface area contributed by atoms with Gasteiger partial charge in [-0.25, -0.2) is 9.97 Å². The highest BCUT2D eigenvalue weighted by atomic mass is 16.2. The van der Waals surface area contributed by atoms with E-state index in [0.717, 1.165) is 10.9 Å². The van der Waals surface area contributed by atoms with Crippen LogP contribution in [-0.2, 0) is 96.0 Å². The number of guanidine groups is 2. The lowest BCUT2D eigenvalue weighted by Gasteiger charge is -2.30. The molecular weight excluding hydrogens is 1760 g/mol. The van der Waals surface area contributed by atoms with Crippen molar-refractivity contribution in [3.8, 4) is 0 Å². The zero-order chi connectivity index (χ0) is 101. The Hall–Kier alpha value is -12.9. The normalized spacial score (nSPS) is 14.9. The number of aromatic nitrogens is 5. The van der Waals surface area contributed by atoms with Crippen LogP contribution in [0.25, 0.3) is 10.9 Å². The van der Waals surface area contributed by atoms with Gasteiger partial charge in [-0.3, -0.25) is 87.5 Å². The Balaban J connectivity index is 1.61. The zero-order valence-electron chi connectivity index (χ0n) is 80.2. The minimum absolute atomic E-state index is 0.00272. The van der Waals surface area contributed by atoms with E-state index in [4.69, 9.17) is 56.7 Å². The van der Waals surface area contributed by atoms with Gasteiger partial charge >= 0.3 is 0 Å². The molecule has 0 aliphatic heterocycles. The summed E-state index contributed by atoms with van der Waals surface area (Å²) in [6.07, 6.45) is 8.85. The summed E-state index contributed by atoms with van der Waals surface area (Å²) in [5.41, 5.74) is 48.2. The number of carbonyl (C=O) groups excluding carboxylic acids is 16. The van der Waals surface area contributed by atoms with Gasteiger partial charge in [-0.1, -0.05) is 100 Å². The SMILES string of the molecule is CC[C@H](C)[C@H](NC(=O)[C@H](CCCNC(=N)N)NC(=O)[C@H](CCCCN)NC(=O)[C@H](CC(N)=O)NC(=O)[C@H](CC(C)C)NC(=O)[C@H](Cc1c[nH]cn1)NC(=O)[C@H](Cc1c[nH]c2ccccc12)NC(=O)[C@@H](N)CCCCN)C(=O)N[C@@H](Cc1c[nH]cn1)C(=O)N[C@@H](C)C(=O)N[C@H](C(=O)N[C@@H](CC(C)C)C(=O)N[C@@H](CCCCN)C(=O)N[C@@H](CCCNC(=N)N)C(=O)N[C@@H](CC(C)C)C(N)=O)C(C)C. The van der Waals surface area contributed by atoms with Crippen LogP contribution in [0.2, 0.25) is 0 Å². The number of aromatic amines is 3. The number of unbranched alkanes of at least 4 members (excludes halogenated alkanes) is 3. The number of rotatable bonds is 66. The number of hydrogen-bond acceptors (Lipinski definition) is 24. The van der Waals surface area contributed by atoms with E-state index in [0.29, 0.717) is 49.9 Å². The monoisotopic (exact) mass is 1910 g/mol. The van der Waals surface area contributed by atoms with Crippen molar-refractivity contribution in [3.63, 3.8) is 0 Å². The molecule has 0 saturated carbocycles. The van der Waals surface area contributed by atoms with E-state index in [9.17, 15) is 76.7 Å². The van der Waals surface area contributed by atoms with Crippen molar-refractivity contribution in [2.75, 3.05) is 32.7 Å². The molecule has 4 aromatic rings. The van der Waals surface area contributed by atoms with Gasteiger partial charge in [0.15, 0.2) is 11.9 Å². The van der Waals surface area contributed by atoms with E-state index in [1.807, 2.05) is 38.1 Å². The fraction of sp³-hybridized carbons (Fsp3) is 0.640. The van der Waals surface area contributed by atoms with Crippen molar-refractivity contribution in [1.82, 2.24) is 110 Å². The molecule has 0 spiro atoms. The molecule has 3 aromatic heterocycles. The maximum Gasteiger partial charge on any atom is 0.243 e. The van der Waals surface area contributed by atoms with Gasteiger partial charge in [0.2, 0.25) is 94.5 Å². The van der Waals surface area contributed by atoms with Crippen molar-refractivity contribution in [2.24, 2.45) is 75.5 Å². The number of imidazole rings is 2. The number of carbonyl (C=O) groups is 16. The van der Waals surface area contributed by atoms with Crippen molar-refractivity contribution in [1.29, 1.82) is 10.8 Å². The molecule has 0 aliphatic carbocycles. The highest BCUT2D eigenvalue weighted by Gasteiger charge is 2.41. The minimum Gasteiger partial charge on any atom is -0.370 e. The molecule has 0 unspecified atom stereocenters. The summed E-state index contributed by atoms with van der Waals surface area (Å²) in [7, 11) is 0. The molecule has 758 valence electrons. The van der Waals surface area contributed by atoms with Gasteiger partial charge < -0.3 is 146 Å². The number of fused-ring (bicyclic) bond motifs is 1. The summed E-state index contributed by atoms with van der Waals surface area (Å²) in [5, 5.41) is 59.0. The number of nitrogens with zero attached hydrogens (tertiary/aromatic N) is 2. The quantitative estimate of drug-likeness (QED) is 0.0113. The molecule has 0 saturated heterocycles. The Morgan fingerprint density at radius 3 is 1.15 bits per heavy atom. The smallest absolute Gasteiger partial charge is 0.243 e. The van der Waals surface area contributed by atoms with Crippen LogP contribution in [0.1, 0.15) is 209 Å². The lowest BCUT2D eigenvalue weighted by Crippen LogP contribution is -2.62. The standard InChI is InChI=1S/C89H151N31O16/c1-12-51(10)72(87(136)118-67(39-54-43-100-45-105-54)80(129)107-52(11)74(123)119-71(50(8)9)86(135)117-65(37-49(6)7)81(130)110-59(26-16-19-31-91)76(125)108-61(28-21-33-102-88(96)97)78(127)112-63(73(95)122)35-47(2)3)120-79(128)62(29-22-34-103-89(98)99)109-77(126)60(27-17-20-32-92)111-85(134)69(41-70(94)121)116-82(131)64(36-48(4)5)114-84(133)68(40-55-44-101-46-106-55)115-83(132)66(113-75(124)57(93)24-15-18-30-90)38-53-42-104-58-25-14-13-23-56(53)58/h13-14,23,25,42-52,57,59-69,71-72,104H,12,15-22,24,26-41,90-93H2,1-11H3,(H2,94,121)(H2,95,122)(H,100,105)(H,101,106)(H,107,129)(H,108,125)(H,109,126)(H,110,130)(H,111,134)(H,112,127)(H,113,124)(H,114,133)(H,115,132)(H,116,131)(H,117,135)(H,118,136)(H,119,123)(H,120,128)(H4,96,97,102)(H4,98,99,103)/t51-,52-,57-,59-,60-,61-,62-,63-,64-,65-,66-,67-,68-,69-,71-,72-/m0/s1. The average Bonchev–Trinajstić information content (AvgIpc) is 1.64. The Kier molecular flexibility index (Phi) is 51.3. The predicted molar refractivity (Wildman–Crippen MR) is 510 cm³/mol. The predicted octanol–water partition coefficient (Wildman–Crippen LogP) is -4.11. The largest absolute Gasteiger partial charge is 0.370 e. The molecule has 37 N–H and O–H groups in total. The molecule has 16 atom stereocenters. The zero-order valence-corrected chi connectivity index (χ0v) is 80.2. The molecule has 47 heteroatoms. The second-order valence-electron chi connectivity index (χ2n) is 36.0. The fourth-order valence-corrected chi connectivity index (χ4v) is 14.8. The van der Waals surface area contributed by atoms with Gasteiger partial charge in [0.05, 0.1) is 36.5 Å². The van der Waals surface area contributed by atoms with E-state index in [-0.39, 0.29) is 152 Å². The summed E-state index contributed by atoms with van der Waals surface area (Å²) in [6.45, 7) is 19.5. The lowest BCUT2D eigenvalue weighted by molar-refractivity contribution is -0.137. The van der Waals surface area contributed by atoms with Gasteiger partial charge in [0.1, 0.15) is 84.6 Å². The minimum atomic E-state index is -1.83. The molecule has 0 bridgehead atoms. The van der Waals surface area contributed by atoms with Crippen LogP contribution in [0.3, 0.4) is 0 Å². The van der Waals surface area contributed by atoms with Crippen LogP contribution in [0.15, 0.2) is 55.5 Å². The molecule has 4 rings (SSSR count). The van der Waals surface area contributed by atoms with E-state index in [1.54, 1.807) is 61.6 Å². The van der Waals surface area contributed by atoms with E-state index >= 15 is 0 Å². The third-order valence-corrected chi connectivity index (χ3v) is 22.5. The Morgan fingerprint density at radius 1 is 0.375 bits per heavy atom. The third-order valence-electron chi connectivity index (χ3n) is 22.5. The number of benzene rings is 1. The maximum atomic E-state index is 15.0. The molecule has 136 heavy (non-hydrogen) atoms. The van der Waals surface area contributed by atoms with Crippen LogP contribution in [-0.4, -0.2) is 255 Å². The molecule has 0 radical (unpaired) electrons. The first-order chi connectivity index (χ1) is 64.4. The van der Waals surface area contributed by atoms with Gasteiger partial charge in [0, 0.05) is 61.8 Å². The second-order valence-corrected chi connectivity index (χ2v) is 36.0. The number of H-pyrrole nitrogens is 3. The number of hydrogen-bond donors (Lipinski definition) is 29. The fourth-order valence-electron chi connectivity index (χ4n) is 14.8. The summed E-state index contributed by atoms with van der Waals surface area (Å²) >= 11 is 0. The molecule has 47 nitrogen and oxygen atoms in total. The van der Waals surface area contributed by atoms with Crippen LogP contribution in [0, 0.1) is 40.4 Å². The van der Waals surface area contributed by atoms with Crippen molar-refractivity contribution >= 4 is 117 Å². The third kappa shape index (κ3) is 41.9. The number of para-hydroxylation sites is 1. The first-order valence-electron chi connectivity index (χ1n) is 46.8. The molecular formula is C89H151N31O16. The summed E-state index contributed by atoms with van der Waals surface area (Å²) < 4.78 is 0. The number of nitrogens with one attached hydrogen (secondary N) is 21. The first kappa shape index (κ1) is 115. The highest BCUT2D eigenvalue weighted by Crippen LogP contribution is 2.22. The molecule has 3 heterocycles. The highest BCUT2D eigenvalue weighted by molar-refractivity contribution is 6.02. The number of amides is 16. The topological polar surface area (TPSA) is 795 Å². The van der Waals surface area contributed by atoms with Crippen LogP contribution < -0.4 is 131 Å². The molecule has 1 aromatic carbocycles. The summed E-state index contributed by atoms with van der Waals surface area (Å²) in [4.78, 5) is 247.